The van der Waals surface area contributed by atoms with Crippen molar-refractivity contribution in [3.05, 3.63) is 0 Å². The van der Waals surface area contributed by atoms with Crippen molar-refractivity contribution in [2.24, 2.45) is 11.8 Å². The van der Waals surface area contributed by atoms with Crippen molar-refractivity contribution < 1.29 is 0 Å². The molecule has 0 saturated carbocycles. The lowest BCUT2D eigenvalue weighted by molar-refractivity contribution is 0.429. The zero-order valence-corrected chi connectivity index (χ0v) is 21.4. The van der Waals surface area contributed by atoms with E-state index in [-0.39, 0.29) is 0 Å². The summed E-state index contributed by atoms with van der Waals surface area (Å²) in [5.41, 5.74) is 0. The van der Waals surface area contributed by atoms with E-state index in [2.05, 4.69) is 27.7 Å². The first kappa shape index (κ1) is 29.0. The Morgan fingerprint density at radius 2 is 0.621 bits per heavy atom. The highest BCUT2D eigenvalue weighted by Crippen LogP contribution is 2.19. The molecule has 0 N–H and O–H groups in total. The van der Waals surface area contributed by atoms with E-state index in [4.69, 9.17) is 0 Å². The van der Waals surface area contributed by atoms with Gasteiger partial charge in [0.05, 0.1) is 0 Å². The van der Waals surface area contributed by atoms with Crippen LogP contribution in [-0.2, 0) is 0 Å². The van der Waals surface area contributed by atoms with Gasteiger partial charge in [-0.25, -0.2) is 0 Å². The van der Waals surface area contributed by atoms with Gasteiger partial charge in [-0.3, -0.25) is 0 Å². The highest BCUT2D eigenvalue weighted by Gasteiger charge is 2.02. The molecule has 0 aromatic rings. The van der Waals surface area contributed by atoms with Gasteiger partial charge < -0.3 is 0 Å². The molecule has 0 aromatic heterocycles. The normalized spacial score (nSPS) is 12.7. The zero-order chi connectivity index (χ0) is 21.4. The van der Waals surface area contributed by atoms with Crippen LogP contribution in [0, 0.1) is 11.8 Å². The van der Waals surface area contributed by atoms with E-state index in [1.807, 2.05) is 0 Å². The molecule has 1 atom stereocenters. The summed E-state index contributed by atoms with van der Waals surface area (Å²) in [5.74, 6) is 1.86. The van der Waals surface area contributed by atoms with Crippen molar-refractivity contribution in [2.75, 3.05) is 0 Å². The summed E-state index contributed by atoms with van der Waals surface area (Å²) in [4.78, 5) is 0. The fourth-order valence-electron chi connectivity index (χ4n) is 4.58. The third-order valence-corrected chi connectivity index (χ3v) is 6.78. The maximum absolute atomic E-state index is 2.49. The van der Waals surface area contributed by atoms with Gasteiger partial charge >= 0.3 is 0 Å². The van der Waals surface area contributed by atoms with Gasteiger partial charge in [0, 0.05) is 0 Å². The van der Waals surface area contributed by atoms with Crippen molar-refractivity contribution in [3.8, 4) is 0 Å². The molecule has 0 bridgehead atoms. The molecule has 0 heterocycles. The minimum absolute atomic E-state index is 0.895. The summed E-state index contributed by atoms with van der Waals surface area (Å²) < 4.78 is 0. The Balaban J connectivity index is 3.14. The van der Waals surface area contributed by atoms with Gasteiger partial charge in [-0.05, 0) is 11.8 Å². The van der Waals surface area contributed by atoms with E-state index >= 15 is 0 Å². The monoisotopic (exact) mass is 408 g/mol. The Morgan fingerprint density at radius 1 is 0.345 bits per heavy atom. The third-order valence-electron chi connectivity index (χ3n) is 6.78. The van der Waals surface area contributed by atoms with E-state index in [9.17, 15) is 0 Å². The summed E-state index contributed by atoms with van der Waals surface area (Å²) in [7, 11) is 0. The number of rotatable bonds is 24. The van der Waals surface area contributed by atoms with Gasteiger partial charge in [0.15, 0.2) is 0 Å². The predicted molar refractivity (Wildman–Crippen MR) is 136 cm³/mol. The lowest BCUT2D eigenvalue weighted by Crippen LogP contribution is -1.95. The fourth-order valence-corrected chi connectivity index (χ4v) is 4.58. The standard InChI is InChI=1S/C29H60/c1-5-6-7-8-9-10-11-12-13-14-17-20-23-26-29(4)27-24-21-18-15-16-19-22-25-28(2)3/h28-29H,5-27H2,1-4H3. The lowest BCUT2D eigenvalue weighted by atomic mass is 9.95. The Morgan fingerprint density at radius 3 is 0.931 bits per heavy atom. The second-order valence-electron chi connectivity index (χ2n) is 10.6. The van der Waals surface area contributed by atoms with Crippen LogP contribution >= 0.6 is 0 Å². The van der Waals surface area contributed by atoms with E-state index < -0.39 is 0 Å². The molecule has 0 spiro atoms. The first-order valence-corrected chi connectivity index (χ1v) is 14.2. The Labute approximate surface area is 187 Å². The van der Waals surface area contributed by atoms with Crippen LogP contribution in [0.25, 0.3) is 0 Å². The lowest BCUT2D eigenvalue weighted by Gasteiger charge is -2.11. The van der Waals surface area contributed by atoms with Gasteiger partial charge in [0.25, 0.3) is 0 Å². The summed E-state index contributed by atoms with van der Waals surface area (Å²) >= 11 is 0. The van der Waals surface area contributed by atoms with Crippen LogP contribution in [0.5, 0.6) is 0 Å². The molecule has 0 saturated heterocycles. The van der Waals surface area contributed by atoms with Crippen LogP contribution in [0.2, 0.25) is 0 Å². The van der Waals surface area contributed by atoms with Crippen LogP contribution in [0.15, 0.2) is 0 Å². The summed E-state index contributed by atoms with van der Waals surface area (Å²) in [6, 6.07) is 0. The van der Waals surface area contributed by atoms with Crippen molar-refractivity contribution >= 4 is 0 Å². The highest BCUT2D eigenvalue weighted by molar-refractivity contribution is 4.56. The van der Waals surface area contributed by atoms with Crippen LogP contribution in [0.4, 0.5) is 0 Å². The van der Waals surface area contributed by atoms with Crippen LogP contribution in [-0.4, -0.2) is 0 Å². The number of hydrogen-bond donors (Lipinski definition) is 0. The molecule has 1 unspecified atom stereocenters. The molecule has 0 rings (SSSR count). The topological polar surface area (TPSA) is 0 Å². The molecule has 0 aliphatic carbocycles. The van der Waals surface area contributed by atoms with Gasteiger partial charge in [0.2, 0.25) is 0 Å². The minimum atomic E-state index is 0.895. The van der Waals surface area contributed by atoms with Crippen molar-refractivity contribution in [2.45, 2.75) is 175 Å². The van der Waals surface area contributed by atoms with E-state index in [0.29, 0.717) is 0 Å². The maximum Gasteiger partial charge on any atom is -0.0443 e. The molecule has 0 aliphatic rings. The van der Waals surface area contributed by atoms with Crippen LogP contribution in [0.3, 0.4) is 0 Å². The van der Waals surface area contributed by atoms with Crippen LogP contribution < -0.4 is 0 Å². The average molecular weight is 409 g/mol. The number of unbranched alkanes of at least 4 members (excludes halogenated alkanes) is 18. The molecule has 0 radical (unpaired) electrons. The second-order valence-corrected chi connectivity index (χ2v) is 10.6. The smallest absolute Gasteiger partial charge is 0.0443 e. The molecule has 0 heteroatoms. The molecule has 176 valence electrons. The second kappa shape index (κ2) is 24.3. The van der Waals surface area contributed by atoms with Crippen LogP contribution in [0.1, 0.15) is 175 Å². The maximum atomic E-state index is 2.49. The largest absolute Gasteiger partial charge is 0.0654 e. The molecule has 0 nitrogen and oxygen atoms in total. The molecule has 0 aliphatic heterocycles. The minimum Gasteiger partial charge on any atom is -0.0654 e. The Bertz CT molecular complexity index is 280. The van der Waals surface area contributed by atoms with Gasteiger partial charge in [-0.15, -0.1) is 0 Å². The first-order chi connectivity index (χ1) is 14.2. The van der Waals surface area contributed by atoms with E-state index in [1.165, 1.54) is 148 Å². The summed E-state index contributed by atoms with van der Waals surface area (Å²) in [6.07, 6.45) is 33.8. The van der Waals surface area contributed by atoms with Gasteiger partial charge in [-0.2, -0.15) is 0 Å². The number of hydrogen-bond acceptors (Lipinski definition) is 0. The quantitative estimate of drug-likeness (QED) is 0.139. The molecular formula is C29H60. The van der Waals surface area contributed by atoms with Gasteiger partial charge in [0.1, 0.15) is 0 Å². The molecule has 0 amide bonds. The van der Waals surface area contributed by atoms with Gasteiger partial charge in [-0.1, -0.05) is 175 Å². The predicted octanol–water partition coefficient (Wildman–Crippen LogP) is 11.3. The Hall–Kier alpha value is 0. The van der Waals surface area contributed by atoms with Crippen molar-refractivity contribution in [1.82, 2.24) is 0 Å². The molecule has 0 fully saturated rings. The summed E-state index contributed by atoms with van der Waals surface area (Å²) in [5, 5.41) is 0. The first-order valence-electron chi connectivity index (χ1n) is 14.2. The SMILES string of the molecule is CCCCCCCCCCCCCCCC(C)CCCCCCCCCC(C)C. The molecule has 29 heavy (non-hydrogen) atoms. The van der Waals surface area contributed by atoms with E-state index in [0.717, 1.165) is 11.8 Å². The third kappa shape index (κ3) is 26.0. The molecular weight excluding hydrogens is 348 g/mol. The van der Waals surface area contributed by atoms with Crippen molar-refractivity contribution in [3.63, 3.8) is 0 Å². The highest BCUT2D eigenvalue weighted by atomic mass is 14.1. The Kier molecular flexibility index (Phi) is 24.3. The molecule has 0 aromatic carbocycles. The zero-order valence-electron chi connectivity index (χ0n) is 21.4. The fraction of sp³-hybridized carbons (Fsp3) is 1.00. The van der Waals surface area contributed by atoms with Crippen molar-refractivity contribution in [1.29, 1.82) is 0 Å². The average Bonchev–Trinajstić information content (AvgIpc) is 2.70. The summed E-state index contributed by atoms with van der Waals surface area (Å²) in [6.45, 7) is 9.49. The van der Waals surface area contributed by atoms with E-state index in [1.54, 1.807) is 0 Å².